The van der Waals surface area contributed by atoms with Crippen molar-refractivity contribution < 1.29 is 0 Å². The normalized spacial score (nSPS) is 21.2. The van der Waals surface area contributed by atoms with Crippen LogP contribution in [0.5, 0.6) is 0 Å². The molecule has 0 amide bonds. The van der Waals surface area contributed by atoms with Gasteiger partial charge in [-0.3, -0.25) is 4.68 Å². The molecule has 1 aromatic heterocycles. The SMILES string of the molecule is Cc1nn(C)cc1CNCC1CCCCN1. The Labute approximate surface area is 97.4 Å². The van der Waals surface area contributed by atoms with Crippen molar-refractivity contribution in [1.29, 1.82) is 0 Å². The Morgan fingerprint density at radius 1 is 1.56 bits per heavy atom. The molecule has 1 unspecified atom stereocenters. The van der Waals surface area contributed by atoms with Crippen molar-refractivity contribution in [2.45, 2.75) is 38.8 Å². The lowest BCUT2D eigenvalue weighted by molar-refractivity contribution is 0.383. The number of nitrogens with zero attached hydrogens (tertiary/aromatic N) is 2. The van der Waals surface area contributed by atoms with E-state index in [0.717, 1.165) is 18.8 Å². The second-order valence-corrected chi connectivity index (χ2v) is 4.69. The molecule has 1 aromatic rings. The van der Waals surface area contributed by atoms with Gasteiger partial charge in [0.2, 0.25) is 0 Å². The highest BCUT2D eigenvalue weighted by Crippen LogP contribution is 2.07. The number of aryl methyl sites for hydroxylation is 2. The van der Waals surface area contributed by atoms with Gasteiger partial charge in [-0.1, -0.05) is 6.42 Å². The van der Waals surface area contributed by atoms with Gasteiger partial charge >= 0.3 is 0 Å². The van der Waals surface area contributed by atoms with E-state index in [0.29, 0.717) is 6.04 Å². The number of piperidine rings is 1. The van der Waals surface area contributed by atoms with Gasteiger partial charge in [0.25, 0.3) is 0 Å². The van der Waals surface area contributed by atoms with Gasteiger partial charge in [-0.2, -0.15) is 5.10 Å². The molecule has 1 aliphatic rings. The molecule has 16 heavy (non-hydrogen) atoms. The van der Waals surface area contributed by atoms with Crippen LogP contribution >= 0.6 is 0 Å². The molecule has 2 N–H and O–H groups in total. The maximum atomic E-state index is 4.34. The molecule has 0 radical (unpaired) electrons. The van der Waals surface area contributed by atoms with Crippen LogP contribution in [0.2, 0.25) is 0 Å². The van der Waals surface area contributed by atoms with Crippen molar-refractivity contribution in [2.24, 2.45) is 7.05 Å². The molecule has 0 aliphatic carbocycles. The Morgan fingerprint density at radius 3 is 3.06 bits per heavy atom. The van der Waals surface area contributed by atoms with Crippen molar-refractivity contribution >= 4 is 0 Å². The summed E-state index contributed by atoms with van der Waals surface area (Å²) in [5, 5.41) is 11.4. The van der Waals surface area contributed by atoms with E-state index in [4.69, 9.17) is 0 Å². The van der Waals surface area contributed by atoms with E-state index in [1.807, 2.05) is 11.7 Å². The first-order chi connectivity index (χ1) is 7.75. The number of nitrogens with one attached hydrogen (secondary N) is 2. The summed E-state index contributed by atoms with van der Waals surface area (Å²) in [6, 6.07) is 0.658. The van der Waals surface area contributed by atoms with Crippen LogP contribution in [0.4, 0.5) is 0 Å². The summed E-state index contributed by atoms with van der Waals surface area (Å²) in [7, 11) is 1.97. The Kier molecular flexibility index (Phi) is 3.96. The second kappa shape index (κ2) is 5.46. The topological polar surface area (TPSA) is 41.9 Å². The summed E-state index contributed by atoms with van der Waals surface area (Å²) in [6.07, 6.45) is 6.10. The van der Waals surface area contributed by atoms with Crippen LogP contribution in [-0.4, -0.2) is 28.9 Å². The van der Waals surface area contributed by atoms with Crippen molar-refractivity contribution in [3.05, 3.63) is 17.5 Å². The third-order valence-corrected chi connectivity index (χ3v) is 3.23. The first kappa shape index (κ1) is 11.6. The largest absolute Gasteiger partial charge is 0.313 e. The Balaban J connectivity index is 1.73. The van der Waals surface area contributed by atoms with Crippen LogP contribution in [-0.2, 0) is 13.6 Å². The Morgan fingerprint density at radius 2 is 2.44 bits per heavy atom. The molecule has 0 saturated carbocycles. The molecule has 1 fully saturated rings. The molecule has 4 nitrogen and oxygen atoms in total. The number of hydrogen-bond acceptors (Lipinski definition) is 3. The van der Waals surface area contributed by atoms with Crippen molar-refractivity contribution in [3.63, 3.8) is 0 Å². The van der Waals surface area contributed by atoms with Gasteiger partial charge < -0.3 is 10.6 Å². The lowest BCUT2D eigenvalue weighted by Gasteiger charge is -2.23. The van der Waals surface area contributed by atoms with E-state index in [-0.39, 0.29) is 0 Å². The highest BCUT2D eigenvalue weighted by Gasteiger charge is 2.11. The molecule has 2 heterocycles. The first-order valence-electron chi connectivity index (χ1n) is 6.19. The van der Waals surface area contributed by atoms with Crippen molar-refractivity contribution in [2.75, 3.05) is 13.1 Å². The quantitative estimate of drug-likeness (QED) is 0.797. The predicted molar refractivity (Wildman–Crippen MR) is 65.3 cm³/mol. The van der Waals surface area contributed by atoms with E-state index < -0.39 is 0 Å². The molecule has 0 bridgehead atoms. The molecule has 1 saturated heterocycles. The molecular weight excluding hydrogens is 200 g/mol. The standard InChI is InChI=1S/C12H22N4/c1-10-11(9-16(2)15-10)7-13-8-12-5-3-4-6-14-12/h9,12-14H,3-8H2,1-2H3. The number of hydrogen-bond donors (Lipinski definition) is 2. The van der Waals surface area contributed by atoms with Crippen LogP contribution in [0.25, 0.3) is 0 Å². The summed E-state index contributed by atoms with van der Waals surface area (Å²) in [5.74, 6) is 0. The number of aromatic nitrogens is 2. The molecular formula is C12H22N4. The van der Waals surface area contributed by atoms with E-state index in [2.05, 4.69) is 28.9 Å². The van der Waals surface area contributed by atoms with Gasteiger partial charge in [0.15, 0.2) is 0 Å². The number of rotatable bonds is 4. The van der Waals surface area contributed by atoms with Crippen molar-refractivity contribution in [3.8, 4) is 0 Å². The third-order valence-electron chi connectivity index (χ3n) is 3.23. The zero-order chi connectivity index (χ0) is 11.4. The van der Waals surface area contributed by atoms with Crippen LogP contribution in [0.3, 0.4) is 0 Å². The Bertz CT molecular complexity index is 326. The molecule has 1 aliphatic heterocycles. The van der Waals surface area contributed by atoms with E-state index >= 15 is 0 Å². The van der Waals surface area contributed by atoms with E-state index in [9.17, 15) is 0 Å². The average Bonchev–Trinajstić information content (AvgIpc) is 2.59. The zero-order valence-corrected chi connectivity index (χ0v) is 10.3. The maximum Gasteiger partial charge on any atom is 0.0638 e. The van der Waals surface area contributed by atoms with Crippen LogP contribution < -0.4 is 10.6 Å². The fraction of sp³-hybridized carbons (Fsp3) is 0.750. The molecule has 90 valence electrons. The highest BCUT2D eigenvalue weighted by atomic mass is 15.2. The molecule has 0 spiro atoms. The lowest BCUT2D eigenvalue weighted by Crippen LogP contribution is -2.41. The van der Waals surface area contributed by atoms with E-state index in [1.54, 1.807) is 0 Å². The van der Waals surface area contributed by atoms with Gasteiger partial charge in [-0.25, -0.2) is 0 Å². The minimum absolute atomic E-state index is 0.658. The fourth-order valence-corrected chi connectivity index (χ4v) is 2.30. The third kappa shape index (κ3) is 3.06. The van der Waals surface area contributed by atoms with Crippen LogP contribution in [0, 0.1) is 6.92 Å². The molecule has 0 aromatic carbocycles. The summed E-state index contributed by atoms with van der Waals surface area (Å²) in [4.78, 5) is 0. The minimum atomic E-state index is 0.658. The highest BCUT2D eigenvalue weighted by molar-refractivity contribution is 5.14. The summed E-state index contributed by atoms with van der Waals surface area (Å²) in [6.45, 7) is 5.24. The van der Waals surface area contributed by atoms with Gasteiger partial charge in [0, 0.05) is 37.9 Å². The monoisotopic (exact) mass is 222 g/mol. The van der Waals surface area contributed by atoms with Gasteiger partial charge in [-0.15, -0.1) is 0 Å². The predicted octanol–water partition coefficient (Wildman–Crippen LogP) is 0.960. The smallest absolute Gasteiger partial charge is 0.0638 e. The molecule has 1 atom stereocenters. The summed E-state index contributed by atoms with van der Waals surface area (Å²) in [5.41, 5.74) is 2.44. The Hall–Kier alpha value is -0.870. The summed E-state index contributed by atoms with van der Waals surface area (Å²) < 4.78 is 1.88. The second-order valence-electron chi connectivity index (χ2n) is 4.69. The fourth-order valence-electron chi connectivity index (χ4n) is 2.30. The average molecular weight is 222 g/mol. The van der Waals surface area contributed by atoms with Crippen molar-refractivity contribution in [1.82, 2.24) is 20.4 Å². The lowest BCUT2D eigenvalue weighted by atomic mass is 10.1. The van der Waals surface area contributed by atoms with Crippen LogP contribution in [0.15, 0.2) is 6.20 Å². The van der Waals surface area contributed by atoms with Gasteiger partial charge in [-0.05, 0) is 26.3 Å². The maximum absolute atomic E-state index is 4.34. The minimum Gasteiger partial charge on any atom is -0.313 e. The van der Waals surface area contributed by atoms with Gasteiger partial charge in [0.05, 0.1) is 5.69 Å². The van der Waals surface area contributed by atoms with Crippen LogP contribution in [0.1, 0.15) is 30.5 Å². The van der Waals surface area contributed by atoms with E-state index in [1.165, 1.54) is 31.4 Å². The molecule has 2 rings (SSSR count). The van der Waals surface area contributed by atoms with Gasteiger partial charge in [0.1, 0.15) is 0 Å². The first-order valence-corrected chi connectivity index (χ1v) is 6.19. The summed E-state index contributed by atoms with van der Waals surface area (Å²) >= 11 is 0. The molecule has 4 heteroatoms. The zero-order valence-electron chi connectivity index (χ0n) is 10.3.